The summed E-state index contributed by atoms with van der Waals surface area (Å²) >= 11 is 0. The maximum atomic E-state index is 11.5. The minimum atomic E-state index is -1.08. The van der Waals surface area contributed by atoms with Gasteiger partial charge in [0.2, 0.25) is 0 Å². The summed E-state index contributed by atoms with van der Waals surface area (Å²) in [4.78, 5) is 21.6. The van der Waals surface area contributed by atoms with Crippen LogP contribution in [0.15, 0.2) is 24.3 Å². The highest BCUT2D eigenvalue weighted by Crippen LogP contribution is 2.11. The van der Waals surface area contributed by atoms with Crippen molar-refractivity contribution in [1.82, 2.24) is 10.6 Å². The second kappa shape index (κ2) is 7.16. The number of carbonyl (C=O) groups excluding carboxylic acids is 1. The molecule has 1 rings (SSSR count). The van der Waals surface area contributed by atoms with Gasteiger partial charge in [-0.25, -0.2) is 4.79 Å². The van der Waals surface area contributed by atoms with Crippen molar-refractivity contribution in [3.05, 3.63) is 29.8 Å². The molecule has 3 N–H and O–H groups in total. The van der Waals surface area contributed by atoms with Crippen molar-refractivity contribution in [2.45, 2.75) is 6.92 Å². The molecule has 0 heterocycles. The van der Waals surface area contributed by atoms with Gasteiger partial charge in [0, 0.05) is 12.1 Å². The first-order valence-electron chi connectivity index (χ1n) is 5.61. The van der Waals surface area contributed by atoms with Crippen LogP contribution in [-0.4, -0.2) is 36.8 Å². The largest absolute Gasteiger partial charge is 0.492 e. The van der Waals surface area contributed by atoms with Gasteiger partial charge in [0.15, 0.2) is 0 Å². The van der Waals surface area contributed by atoms with Gasteiger partial charge in [0.1, 0.15) is 12.4 Å². The lowest BCUT2D eigenvalue weighted by Gasteiger charge is -2.07. The quantitative estimate of drug-likeness (QED) is 0.661. The molecule has 1 aromatic carbocycles. The van der Waals surface area contributed by atoms with Crippen LogP contribution in [-0.2, 0) is 0 Å². The Labute approximate surface area is 105 Å². The lowest BCUT2D eigenvalue weighted by atomic mass is 10.2. The number of nitrogens with one attached hydrogen (secondary N) is 2. The Kier molecular flexibility index (Phi) is 5.50. The zero-order chi connectivity index (χ0) is 13.4. The van der Waals surface area contributed by atoms with Gasteiger partial charge >= 0.3 is 6.09 Å². The third kappa shape index (κ3) is 4.73. The van der Waals surface area contributed by atoms with Crippen molar-refractivity contribution in [3.8, 4) is 5.75 Å². The van der Waals surface area contributed by atoms with Gasteiger partial charge in [-0.1, -0.05) is 0 Å². The van der Waals surface area contributed by atoms with Crippen molar-refractivity contribution >= 4 is 12.0 Å². The zero-order valence-corrected chi connectivity index (χ0v) is 10.1. The maximum absolute atomic E-state index is 11.5. The summed E-state index contributed by atoms with van der Waals surface area (Å²) in [6.07, 6.45) is -1.08. The normalized spacial score (nSPS) is 9.61. The summed E-state index contributed by atoms with van der Waals surface area (Å²) in [5, 5.41) is 13.2. The van der Waals surface area contributed by atoms with Crippen molar-refractivity contribution in [3.63, 3.8) is 0 Å². The fourth-order valence-corrected chi connectivity index (χ4v) is 1.29. The van der Waals surface area contributed by atoms with E-state index in [4.69, 9.17) is 9.84 Å². The van der Waals surface area contributed by atoms with Gasteiger partial charge in [-0.15, -0.1) is 0 Å². The fraction of sp³-hybridized carbons (Fsp3) is 0.333. The molecule has 0 saturated carbocycles. The van der Waals surface area contributed by atoms with Gasteiger partial charge in [-0.3, -0.25) is 4.79 Å². The number of hydrogen-bond acceptors (Lipinski definition) is 3. The van der Waals surface area contributed by atoms with E-state index in [1.165, 1.54) is 0 Å². The van der Waals surface area contributed by atoms with Gasteiger partial charge in [0.25, 0.3) is 5.91 Å². The number of carbonyl (C=O) groups is 2. The Morgan fingerprint density at radius 1 is 1.22 bits per heavy atom. The highest BCUT2D eigenvalue weighted by molar-refractivity contribution is 5.94. The highest BCUT2D eigenvalue weighted by Gasteiger charge is 2.03. The molecule has 6 heteroatoms. The summed E-state index contributed by atoms with van der Waals surface area (Å²) in [6, 6.07) is 6.66. The lowest BCUT2D eigenvalue weighted by Crippen LogP contribution is -2.26. The molecule has 2 amide bonds. The minimum absolute atomic E-state index is 0.128. The molecule has 1 aromatic rings. The Morgan fingerprint density at radius 3 is 2.44 bits per heavy atom. The number of carboxylic acid groups (broad SMARTS) is 1. The Balaban J connectivity index is 2.40. The average Bonchev–Trinajstić information content (AvgIpc) is 2.35. The van der Waals surface area contributed by atoms with E-state index in [0.717, 1.165) is 0 Å². The highest BCUT2D eigenvalue weighted by atomic mass is 16.5. The van der Waals surface area contributed by atoms with Crippen LogP contribution in [0.5, 0.6) is 5.75 Å². The zero-order valence-electron chi connectivity index (χ0n) is 10.1. The summed E-state index contributed by atoms with van der Waals surface area (Å²) in [6.45, 7) is 2.89. The molecule has 0 atom stereocenters. The average molecular weight is 252 g/mol. The van der Waals surface area contributed by atoms with Gasteiger partial charge in [0.05, 0.1) is 6.54 Å². The monoisotopic (exact) mass is 252 g/mol. The lowest BCUT2D eigenvalue weighted by molar-refractivity contribution is 0.0955. The van der Waals surface area contributed by atoms with Crippen molar-refractivity contribution < 1.29 is 19.4 Å². The summed E-state index contributed by atoms with van der Waals surface area (Å²) in [5.41, 5.74) is 0.563. The first-order chi connectivity index (χ1) is 8.63. The van der Waals surface area contributed by atoms with Crippen LogP contribution in [0.1, 0.15) is 17.3 Å². The van der Waals surface area contributed by atoms with Crippen LogP contribution in [0.4, 0.5) is 4.79 Å². The summed E-state index contributed by atoms with van der Waals surface area (Å²) in [7, 11) is 0. The smallest absolute Gasteiger partial charge is 0.404 e. The minimum Gasteiger partial charge on any atom is -0.492 e. The number of ether oxygens (including phenoxy) is 1. The molecule has 18 heavy (non-hydrogen) atoms. The van der Waals surface area contributed by atoms with Crippen molar-refractivity contribution in [2.24, 2.45) is 0 Å². The van der Waals surface area contributed by atoms with E-state index in [9.17, 15) is 9.59 Å². The van der Waals surface area contributed by atoms with E-state index in [1.54, 1.807) is 24.3 Å². The number of benzene rings is 1. The van der Waals surface area contributed by atoms with Crippen LogP contribution in [0, 0.1) is 0 Å². The molecule has 0 aliphatic rings. The third-order valence-corrected chi connectivity index (χ3v) is 2.10. The van der Waals surface area contributed by atoms with Crippen molar-refractivity contribution in [2.75, 3.05) is 19.7 Å². The molecule has 0 unspecified atom stereocenters. The van der Waals surface area contributed by atoms with E-state index < -0.39 is 6.09 Å². The van der Waals surface area contributed by atoms with E-state index in [-0.39, 0.29) is 19.1 Å². The van der Waals surface area contributed by atoms with Gasteiger partial charge in [-0.05, 0) is 31.2 Å². The summed E-state index contributed by atoms with van der Waals surface area (Å²) in [5.74, 6) is 0.465. The molecule has 0 aliphatic heterocycles. The molecule has 0 spiro atoms. The van der Waals surface area contributed by atoms with Crippen LogP contribution in [0.2, 0.25) is 0 Å². The summed E-state index contributed by atoms with van der Waals surface area (Å²) < 4.78 is 5.29. The van der Waals surface area contributed by atoms with Crippen LogP contribution < -0.4 is 15.4 Å². The molecular formula is C12H16N2O4. The molecule has 98 valence electrons. The number of rotatable bonds is 6. The van der Waals surface area contributed by atoms with Crippen molar-refractivity contribution in [1.29, 1.82) is 0 Å². The third-order valence-electron chi connectivity index (χ3n) is 2.10. The van der Waals surface area contributed by atoms with E-state index in [1.807, 2.05) is 6.92 Å². The molecular weight excluding hydrogens is 236 g/mol. The molecule has 0 aromatic heterocycles. The van der Waals surface area contributed by atoms with E-state index >= 15 is 0 Å². The first kappa shape index (κ1) is 13.8. The second-order valence-electron chi connectivity index (χ2n) is 3.46. The standard InChI is InChI=1S/C12H16N2O4/c1-2-13-11(15)9-3-5-10(6-4-9)18-8-7-14-12(16)17/h3-6,14H,2,7-8H2,1H3,(H,13,15)(H,16,17). The Bertz CT molecular complexity index is 403. The van der Waals surface area contributed by atoms with E-state index in [2.05, 4.69) is 10.6 Å². The van der Waals surface area contributed by atoms with Crippen LogP contribution >= 0.6 is 0 Å². The van der Waals surface area contributed by atoms with E-state index in [0.29, 0.717) is 17.9 Å². The molecule has 0 bridgehead atoms. The fourth-order valence-electron chi connectivity index (χ4n) is 1.29. The Hall–Kier alpha value is -2.24. The van der Waals surface area contributed by atoms with Crippen LogP contribution in [0.25, 0.3) is 0 Å². The topological polar surface area (TPSA) is 87.7 Å². The second-order valence-corrected chi connectivity index (χ2v) is 3.46. The SMILES string of the molecule is CCNC(=O)c1ccc(OCCNC(=O)O)cc1. The first-order valence-corrected chi connectivity index (χ1v) is 5.61. The van der Waals surface area contributed by atoms with Gasteiger partial charge < -0.3 is 20.5 Å². The number of hydrogen-bond donors (Lipinski definition) is 3. The molecule has 0 saturated heterocycles. The predicted molar refractivity (Wildman–Crippen MR) is 66.0 cm³/mol. The Morgan fingerprint density at radius 2 is 1.89 bits per heavy atom. The maximum Gasteiger partial charge on any atom is 0.404 e. The molecule has 6 nitrogen and oxygen atoms in total. The molecule has 0 radical (unpaired) electrons. The van der Waals surface area contributed by atoms with Crippen LogP contribution in [0.3, 0.4) is 0 Å². The molecule has 0 fully saturated rings. The molecule has 0 aliphatic carbocycles. The predicted octanol–water partition coefficient (Wildman–Crippen LogP) is 1.08. The van der Waals surface area contributed by atoms with Gasteiger partial charge in [-0.2, -0.15) is 0 Å². The number of amides is 2.